The lowest BCUT2D eigenvalue weighted by Crippen LogP contribution is -2.49. The molecule has 8 nitrogen and oxygen atoms in total. The predicted molar refractivity (Wildman–Crippen MR) is 103 cm³/mol. The van der Waals surface area contributed by atoms with Crippen LogP contribution in [-0.2, 0) is 15.0 Å². The maximum Gasteiger partial charge on any atom is 0.281 e. The number of piperidine rings is 1. The lowest BCUT2D eigenvalue weighted by molar-refractivity contribution is -0.126. The minimum Gasteiger partial charge on any atom is -0.497 e. The average molecular weight is 400 g/mol. The molecular formula is C18H29N3O5S. The smallest absolute Gasteiger partial charge is 0.281 e. The predicted octanol–water partition coefficient (Wildman–Crippen LogP) is 1.40. The standard InChI is InChI=1S/C18H29N3O5S/c1-13(16-11-15(25-4)8-9-17(16)26-5)19-18(22)14-7-6-10-21(12-14)27(23,24)20(2)3/h8-9,11,13-14H,6-7,10,12H2,1-5H3,(H,19,22)/t13-,14-/m0/s1. The molecular weight excluding hydrogens is 370 g/mol. The fraction of sp³-hybridized carbons (Fsp3) is 0.611. The lowest BCUT2D eigenvalue weighted by atomic mass is 9.97. The van der Waals surface area contributed by atoms with Gasteiger partial charge >= 0.3 is 0 Å². The Morgan fingerprint density at radius 2 is 2.00 bits per heavy atom. The van der Waals surface area contributed by atoms with E-state index in [2.05, 4.69) is 5.32 Å². The number of nitrogens with zero attached hydrogens (tertiary/aromatic N) is 2. The first-order valence-corrected chi connectivity index (χ1v) is 10.3. The van der Waals surface area contributed by atoms with Crippen molar-refractivity contribution in [2.45, 2.75) is 25.8 Å². The van der Waals surface area contributed by atoms with Crippen LogP contribution in [0.4, 0.5) is 0 Å². The first kappa shape index (κ1) is 21.5. The summed E-state index contributed by atoms with van der Waals surface area (Å²) in [6.07, 6.45) is 1.31. The number of carbonyl (C=O) groups excluding carboxylic acids is 1. The maximum absolute atomic E-state index is 12.8. The number of ether oxygens (including phenoxy) is 2. The molecule has 1 amide bonds. The third kappa shape index (κ3) is 4.91. The molecule has 152 valence electrons. The van der Waals surface area contributed by atoms with Crippen LogP contribution in [0.25, 0.3) is 0 Å². The van der Waals surface area contributed by atoms with Crippen molar-refractivity contribution in [2.24, 2.45) is 5.92 Å². The molecule has 0 aliphatic carbocycles. The summed E-state index contributed by atoms with van der Waals surface area (Å²) in [7, 11) is 2.63. The van der Waals surface area contributed by atoms with Crippen LogP contribution < -0.4 is 14.8 Å². The lowest BCUT2D eigenvalue weighted by Gasteiger charge is -2.33. The molecule has 1 aromatic carbocycles. The van der Waals surface area contributed by atoms with Crippen LogP contribution in [0.1, 0.15) is 31.4 Å². The molecule has 0 radical (unpaired) electrons. The molecule has 0 spiro atoms. The molecule has 1 aromatic rings. The summed E-state index contributed by atoms with van der Waals surface area (Å²) in [5.74, 6) is 0.787. The first-order valence-electron chi connectivity index (χ1n) is 8.90. The van der Waals surface area contributed by atoms with Crippen molar-refractivity contribution in [1.29, 1.82) is 0 Å². The number of methoxy groups -OCH3 is 2. The third-order valence-corrected chi connectivity index (χ3v) is 6.71. The number of amides is 1. The zero-order valence-electron chi connectivity index (χ0n) is 16.6. The molecule has 27 heavy (non-hydrogen) atoms. The van der Waals surface area contributed by atoms with E-state index < -0.39 is 10.2 Å². The number of carbonyl (C=O) groups is 1. The van der Waals surface area contributed by atoms with Gasteiger partial charge in [0.1, 0.15) is 11.5 Å². The van der Waals surface area contributed by atoms with E-state index in [1.807, 2.05) is 13.0 Å². The number of nitrogens with one attached hydrogen (secondary N) is 1. The SMILES string of the molecule is COc1ccc(OC)c([C@H](C)NC(=O)[C@H]2CCCN(S(=O)(=O)N(C)C)C2)c1. The van der Waals surface area contributed by atoms with E-state index in [0.29, 0.717) is 30.9 Å². The van der Waals surface area contributed by atoms with Gasteiger partial charge in [-0.15, -0.1) is 0 Å². The van der Waals surface area contributed by atoms with Crippen LogP contribution in [0, 0.1) is 5.92 Å². The summed E-state index contributed by atoms with van der Waals surface area (Å²) in [6.45, 7) is 2.49. The van der Waals surface area contributed by atoms with Crippen LogP contribution in [0.5, 0.6) is 11.5 Å². The van der Waals surface area contributed by atoms with Gasteiger partial charge in [0, 0.05) is 32.7 Å². The highest BCUT2D eigenvalue weighted by atomic mass is 32.2. The summed E-state index contributed by atoms with van der Waals surface area (Å²) in [6, 6.07) is 5.11. The second-order valence-electron chi connectivity index (χ2n) is 6.83. The van der Waals surface area contributed by atoms with Gasteiger partial charge in [-0.05, 0) is 38.0 Å². The minimum absolute atomic E-state index is 0.161. The van der Waals surface area contributed by atoms with Gasteiger partial charge in [0.05, 0.1) is 26.2 Å². The summed E-state index contributed by atoms with van der Waals surface area (Å²) in [5.41, 5.74) is 0.804. The van der Waals surface area contributed by atoms with Crippen molar-refractivity contribution in [1.82, 2.24) is 13.9 Å². The van der Waals surface area contributed by atoms with Gasteiger partial charge in [0.25, 0.3) is 10.2 Å². The molecule has 9 heteroatoms. The van der Waals surface area contributed by atoms with Gasteiger partial charge < -0.3 is 14.8 Å². The van der Waals surface area contributed by atoms with Crippen molar-refractivity contribution in [3.05, 3.63) is 23.8 Å². The van der Waals surface area contributed by atoms with Crippen molar-refractivity contribution in [3.63, 3.8) is 0 Å². The zero-order valence-corrected chi connectivity index (χ0v) is 17.4. The van der Waals surface area contributed by atoms with E-state index in [9.17, 15) is 13.2 Å². The van der Waals surface area contributed by atoms with Crippen LogP contribution in [0.2, 0.25) is 0 Å². The van der Waals surface area contributed by atoms with E-state index in [1.165, 1.54) is 22.7 Å². The van der Waals surface area contributed by atoms with E-state index >= 15 is 0 Å². The van der Waals surface area contributed by atoms with Crippen LogP contribution in [-0.4, -0.2) is 64.3 Å². The topological polar surface area (TPSA) is 88.2 Å². The van der Waals surface area contributed by atoms with Gasteiger partial charge in [-0.1, -0.05) is 0 Å². The van der Waals surface area contributed by atoms with E-state index in [0.717, 1.165) is 5.56 Å². The molecule has 1 aliphatic rings. The van der Waals surface area contributed by atoms with Gasteiger partial charge in [-0.3, -0.25) is 4.79 Å². The van der Waals surface area contributed by atoms with Gasteiger partial charge in [0.2, 0.25) is 5.91 Å². The Labute approximate surface area is 161 Å². The Balaban J connectivity index is 2.10. The van der Waals surface area contributed by atoms with Crippen molar-refractivity contribution >= 4 is 16.1 Å². The summed E-state index contributed by atoms with van der Waals surface area (Å²) in [5, 5.41) is 2.98. The Kier molecular flexibility index (Phi) is 7.07. The highest BCUT2D eigenvalue weighted by Gasteiger charge is 2.34. The molecule has 0 unspecified atom stereocenters. The van der Waals surface area contributed by atoms with E-state index in [1.54, 1.807) is 26.4 Å². The van der Waals surface area contributed by atoms with Crippen molar-refractivity contribution < 1.29 is 22.7 Å². The monoisotopic (exact) mass is 399 g/mol. The van der Waals surface area contributed by atoms with Crippen LogP contribution >= 0.6 is 0 Å². The Morgan fingerprint density at radius 1 is 1.30 bits per heavy atom. The van der Waals surface area contributed by atoms with E-state index in [-0.39, 0.29) is 24.4 Å². The van der Waals surface area contributed by atoms with E-state index in [4.69, 9.17) is 9.47 Å². The van der Waals surface area contributed by atoms with Crippen molar-refractivity contribution in [2.75, 3.05) is 41.4 Å². The number of hydrogen-bond donors (Lipinski definition) is 1. The normalized spacial score (nSPS) is 19.6. The van der Waals surface area contributed by atoms with Crippen LogP contribution in [0.3, 0.4) is 0 Å². The summed E-state index contributed by atoms with van der Waals surface area (Å²) >= 11 is 0. The Hall–Kier alpha value is -1.84. The fourth-order valence-corrected chi connectivity index (χ4v) is 4.37. The number of rotatable bonds is 7. The fourth-order valence-electron chi connectivity index (χ4n) is 3.18. The third-order valence-electron chi connectivity index (χ3n) is 4.80. The molecule has 0 bridgehead atoms. The second kappa shape index (κ2) is 8.90. The number of hydrogen-bond acceptors (Lipinski definition) is 5. The molecule has 1 aliphatic heterocycles. The quantitative estimate of drug-likeness (QED) is 0.749. The molecule has 2 rings (SSSR count). The summed E-state index contributed by atoms with van der Waals surface area (Å²) < 4.78 is 37.9. The highest BCUT2D eigenvalue weighted by molar-refractivity contribution is 7.86. The molecule has 1 fully saturated rings. The molecule has 1 heterocycles. The van der Waals surface area contributed by atoms with Crippen LogP contribution in [0.15, 0.2) is 18.2 Å². The minimum atomic E-state index is -3.52. The Bertz CT molecular complexity index is 766. The largest absolute Gasteiger partial charge is 0.497 e. The molecule has 0 aromatic heterocycles. The first-order chi connectivity index (χ1) is 12.7. The van der Waals surface area contributed by atoms with Gasteiger partial charge in [-0.25, -0.2) is 0 Å². The molecule has 2 atom stereocenters. The Morgan fingerprint density at radius 3 is 2.59 bits per heavy atom. The molecule has 1 saturated heterocycles. The second-order valence-corrected chi connectivity index (χ2v) is 8.97. The summed E-state index contributed by atoms with van der Waals surface area (Å²) in [4.78, 5) is 12.8. The maximum atomic E-state index is 12.8. The van der Waals surface area contributed by atoms with Gasteiger partial charge in [-0.2, -0.15) is 17.0 Å². The highest BCUT2D eigenvalue weighted by Crippen LogP contribution is 2.30. The molecule has 0 saturated carbocycles. The van der Waals surface area contributed by atoms with Gasteiger partial charge in [0.15, 0.2) is 0 Å². The average Bonchev–Trinajstić information content (AvgIpc) is 2.67. The zero-order chi connectivity index (χ0) is 20.2. The molecule has 1 N–H and O–H groups in total. The van der Waals surface area contributed by atoms with Crippen molar-refractivity contribution in [3.8, 4) is 11.5 Å². The number of benzene rings is 1.